The minimum Gasteiger partial charge on any atom is -0.334 e. The van der Waals surface area contributed by atoms with Crippen molar-refractivity contribution in [3.8, 4) is 11.5 Å². The van der Waals surface area contributed by atoms with E-state index in [1.807, 2.05) is 0 Å². The molecule has 2 heterocycles. The molecule has 2 aromatic rings. The third-order valence-corrected chi connectivity index (χ3v) is 4.45. The molecule has 0 spiro atoms. The van der Waals surface area contributed by atoms with E-state index in [9.17, 15) is 9.59 Å². The fourth-order valence-electron chi connectivity index (χ4n) is 2.82. The average Bonchev–Trinajstić information content (AvgIpc) is 3.06. The highest BCUT2D eigenvalue weighted by Crippen LogP contribution is 2.38. The maximum absolute atomic E-state index is 12.0. The van der Waals surface area contributed by atoms with Gasteiger partial charge in [-0.2, -0.15) is 4.98 Å². The molecule has 1 aliphatic heterocycles. The molecule has 2 amide bonds. The molecule has 1 aromatic carbocycles. The molecule has 2 N–H and O–H groups in total. The van der Waals surface area contributed by atoms with Gasteiger partial charge >= 0.3 is 0 Å². The lowest BCUT2D eigenvalue weighted by Crippen LogP contribution is -2.44. The number of nitrogens with zero attached hydrogens (tertiary/aromatic N) is 3. The van der Waals surface area contributed by atoms with Crippen LogP contribution in [0.4, 0.5) is 0 Å². The molecule has 0 saturated heterocycles. The number of benzene rings is 1. The third kappa shape index (κ3) is 2.15. The van der Waals surface area contributed by atoms with Gasteiger partial charge in [-0.15, -0.1) is 12.4 Å². The van der Waals surface area contributed by atoms with E-state index >= 15 is 0 Å². The van der Waals surface area contributed by atoms with E-state index in [0.717, 1.165) is 24.2 Å². The summed E-state index contributed by atoms with van der Waals surface area (Å²) < 4.78 is 5.27. The summed E-state index contributed by atoms with van der Waals surface area (Å²) in [6, 6.07) is 4.92. The molecule has 0 atom stereocenters. The molecule has 8 heteroatoms. The molecular formula is C15H15ClN4O3. The highest BCUT2D eigenvalue weighted by molar-refractivity contribution is 6.21. The molecule has 23 heavy (non-hydrogen) atoms. The number of carbonyl (C=O) groups is 2. The first kappa shape index (κ1) is 15.6. The molecule has 1 fully saturated rings. The van der Waals surface area contributed by atoms with Gasteiger partial charge in [-0.3, -0.25) is 14.5 Å². The Balaban J connectivity index is 0.00000156. The number of imide groups is 1. The van der Waals surface area contributed by atoms with Gasteiger partial charge in [0.1, 0.15) is 0 Å². The number of fused-ring (bicyclic) bond motifs is 1. The topological polar surface area (TPSA) is 102 Å². The van der Waals surface area contributed by atoms with E-state index in [4.69, 9.17) is 10.3 Å². The molecule has 1 aromatic heterocycles. The molecule has 1 saturated carbocycles. The second-order valence-electron chi connectivity index (χ2n) is 5.86. The van der Waals surface area contributed by atoms with Crippen LogP contribution in [0.25, 0.3) is 11.5 Å². The monoisotopic (exact) mass is 334 g/mol. The van der Waals surface area contributed by atoms with Gasteiger partial charge in [0.15, 0.2) is 5.82 Å². The molecular weight excluding hydrogens is 320 g/mol. The third-order valence-electron chi connectivity index (χ3n) is 4.45. The SMILES string of the molecule is CN1C(=O)c2ccc(-c3nc(C4(N)CCC4)no3)cc2C1=O.Cl. The lowest BCUT2D eigenvalue weighted by atomic mass is 9.77. The number of aromatic nitrogens is 2. The van der Waals surface area contributed by atoms with Gasteiger partial charge in [0, 0.05) is 12.6 Å². The summed E-state index contributed by atoms with van der Waals surface area (Å²) in [5.41, 5.74) is 7.04. The molecule has 1 aliphatic carbocycles. The zero-order valence-electron chi connectivity index (χ0n) is 12.4. The van der Waals surface area contributed by atoms with Gasteiger partial charge in [-0.1, -0.05) is 5.16 Å². The van der Waals surface area contributed by atoms with Crippen molar-refractivity contribution in [3.63, 3.8) is 0 Å². The van der Waals surface area contributed by atoms with Gasteiger partial charge in [0.25, 0.3) is 17.7 Å². The summed E-state index contributed by atoms with van der Waals surface area (Å²) in [5, 5.41) is 3.96. The number of rotatable bonds is 2. The van der Waals surface area contributed by atoms with Crippen LogP contribution in [-0.4, -0.2) is 33.9 Å². The predicted molar refractivity (Wildman–Crippen MR) is 83.1 cm³/mol. The minimum absolute atomic E-state index is 0. The number of nitrogens with two attached hydrogens (primary N) is 1. The second-order valence-corrected chi connectivity index (χ2v) is 5.86. The Labute approximate surface area is 138 Å². The Morgan fingerprint density at radius 3 is 2.57 bits per heavy atom. The van der Waals surface area contributed by atoms with E-state index in [1.165, 1.54) is 7.05 Å². The van der Waals surface area contributed by atoms with Crippen LogP contribution in [-0.2, 0) is 5.54 Å². The number of amides is 2. The van der Waals surface area contributed by atoms with Crippen LogP contribution in [0.2, 0.25) is 0 Å². The van der Waals surface area contributed by atoms with Crippen LogP contribution in [0.15, 0.2) is 22.7 Å². The van der Waals surface area contributed by atoms with Crippen LogP contribution in [0.5, 0.6) is 0 Å². The zero-order chi connectivity index (χ0) is 15.5. The van der Waals surface area contributed by atoms with Crippen molar-refractivity contribution in [2.45, 2.75) is 24.8 Å². The predicted octanol–water partition coefficient (Wildman–Crippen LogP) is 1.72. The van der Waals surface area contributed by atoms with Crippen LogP contribution in [0.1, 0.15) is 45.8 Å². The molecule has 7 nitrogen and oxygen atoms in total. The number of carbonyl (C=O) groups excluding carboxylic acids is 2. The van der Waals surface area contributed by atoms with Gasteiger partial charge in [-0.05, 0) is 37.5 Å². The average molecular weight is 335 g/mol. The summed E-state index contributed by atoms with van der Waals surface area (Å²) in [7, 11) is 1.46. The van der Waals surface area contributed by atoms with Gasteiger partial charge in [0.2, 0.25) is 0 Å². The second kappa shape index (κ2) is 5.14. The van der Waals surface area contributed by atoms with Crippen LogP contribution in [0, 0.1) is 0 Å². The Morgan fingerprint density at radius 2 is 1.91 bits per heavy atom. The first-order chi connectivity index (χ1) is 10.5. The van der Waals surface area contributed by atoms with Crippen molar-refractivity contribution >= 4 is 24.2 Å². The van der Waals surface area contributed by atoms with Crippen LogP contribution < -0.4 is 5.73 Å². The number of halogens is 1. The Morgan fingerprint density at radius 1 is 1.22 bits per heavy atom. The molecule has 120 valence electrons. The molecule has 2 aliphatic rings. The normalized spacial score (nSPS) is 18.4. The first-order valence-corrected chi connectivity index (χ1v) is 7.09. The Bertz CT molecular complexity index is 813. The smallest absolute Gasteiger partial charge is 0.261 e. The van der Waals surface area contributed by atoms with Crippen molar-refractivity contribution in [1.82, 2.24) is 15.0 Å². The van der Waals surface area contributed by atoms with E-state index < -0.39 is 5.54 Å². The van der Waals surface area contributed by atoms with Crippen molar-refractivity contribution in [3.05, 3.63) is 35.2 Å². The van der Waals surface area contributed by atoms with Crippen LogP contribution in [0.3, 0.4) is 0 Å². The maximum atomic E-state index is 12.0. The summed E-state index contributed by atoms with van der Waals surface area (Å²) in [5.74, 6) is 0.183. The summed E-state index contributed by atoms with van der Waals surface area (Å²) in [6.45, 7) is 0. The quantitative estimate of drug-likeness (QED) is 0.839. The van der Waals surface area contributed by atoms with E-state index in [0.29, 0.717) is 28.4 Å². The van der Waals surface area contributed by atoms with Crippen molar-refractivity contribution in [2.75, 3.05) is 7.05 Å². The van der Waals surface area contributed by atoms with E-state index in [2.05, 4.69) is 10.1 Å². The Kier molecular flexibility index (Phi) is 3.50. The minimum atomic E-state index is -0.496. The van der Waals surface area contributed by atoms with Crippen molar-refractivity contribution < 1.29 is 14.1 Å². The summed E-state index contributed by atoms with van der Waals surface area (Å²) in [4.78, 5) is 29.3. The highest BCUT2D eigenvalue weighted by atomic mass is 35.5. The fraction of sp³-hybridized carbons (Fsp3) is 0.333. The van der Waals surface area contributed by atoms with Gasteiger partial charge < -0.3 is 10.3 Å². The first-order valence-electron chi connectivity index (χ1n) is 7.09. The van der Waals surface area contributed by atoms with Crippen molar-refractivity contribution in [1.29, 1.82) is 0 Å². The fourth-order valence-corrected chi connectivity index (χ4v) is 2.82. The standard InChI is InChI=1S/C15H14N4O3.ClH/c1-19-12(20)9-4-3-8(7-10(9)13(19)21)11-17-14(18-22-11)15(16)5-2-6-15;/h3-4,7H,2,5-6,16H2,1H3;1H. The number of hydrogen-bond acceptors (Lipinski definition) is 6. The summed E-state index contributed by atoms with van der Waals surface area (Å²) >= 11 is 0. The molecule has 0 radical (unpaired) electrons. The lowest BCUT2D eigenvalue weighted by molar-refractivity contribution is 0.0693. The van der Waals surface area contributed by atoms with E-state index in [1.54, 1.807) is 18.2 Å². The molecule has 0 bridgehead atoms. The number of hydrogen-bond donors (Lipinski definition) is 1. The highest BCUT2D eigenvalue weighted by Gasteiger charge is 2.39. The molecule has 4 rings (SSSR count). The Hall–Kier alpha value is -2.25. The molecule has 0 unspecified atom stereocenters. The zero-order valence-corrected chi connectivity index (χ0v) is 13.2. The van der Waals surface area contributed by atoms with Crippen molar-refractivity contribution in [2.24, 2.45) is 5.73 Å². The lowest BCUT2D eigenvalue weighted by Gasteiger charge is -2.34. The van der Waals surface area contributed by atoms with Gasteiger partial charge in [-0.25, -0.2) is 0 Å². The van der Waals surface area contributed by atoms with Gasteiger partial charge in [0.05, 0.1) is 16.7 Å². The van der Waals surface area contributed by atoms with E-state index in [-0.39, 0.29) is 24.2 Å². The van der Waals surface area contributed by atoms with Crippen LogP contribution >= 0.6 is 12.4 Å². The summed E-state index contributed by atoms with van der Waals surface area (Å²) in [6.07, 6.45) is 2.74. The largest absolute Gasteiger partial charge is 0.334 e. The maximum Gasteiger partial charge on any atom is 0.261 e.